The molecule has 2 heterocycles. The van der Waals surface area contributed by atoms with E-state index < -0.39 is 15.4 Å². The number of hydrogen-bond donors (Lipinski definition) is 1. The Hall–Kier alpha value is -1.44. The summed E-state index contributed by atoms with van der Waals surface area (Å²) in [5.41, 5.74) is 1.69. The summed E-state index contributed by atoms with van der Waals surface area (Å²) in [5, 5.41) is 0. The standard InChI is InChI=1S/C18H26N2O4S/c1-5-20-16-12(2)9-14(10-15(16)18(3,4)17(20)21)25(22,23)19-11-13-7-6-8-24-13/h9-10,13,19H,5-8,11H2,1-4H3/t13-/m1/s1. The maximum Gasteiger partial charge on any atom is 0.240 e. The Bertz CT molecular complexity index is 796. The summed E-state index contributed by atoms with van der Waals surface area (Å²) in [4.78, 5) is 14.6. The summed E-state index contributed by atoms with van der Waals surface area (Å²) in [6.45, 7) is 9.01. The Labute approximate surface area is 149 Å². The van der Waals surface area contributed by atoms with Crippen LogP contribution in [0.1, 0.15) is 44.7 Å². The first-order chi connectivity index (χ1) is 11.7. The SMILES string of the molecule is CCN1C(=O)C(C)(C)c2cc(S(=O)(=O)NC[C@H]3CCCO3)cc(C)c21. The number of carbonyl (C=O) groups is 1. The molecule has 1 atom stereocenters. The van der Waals surface area contributed by atoms with Crippen molar-refractivity contribution in [1.82, 2.24) is 4.72 Å². The third-order valence-corrected chi connectivity index (χ3v) is 6.55. The molecule has 0 unspecified atom stereocenters. The molecule has 1 amide bonds. The van der Waals surface area contributed by atoms with Gasteiger partial charge in [-0.05, 0) is 63.8 Å². The monoisotopic (exact) mass is 366 g/mol. The summed E-state index contributed by atoms with van der Waals surface area (Å²) in [5.74, 6) is 0.00922. The fourth-order valence-corrected chi connectivity index (χ4v) is 4.86. The van der Waals surface area contributed by atoms with Crippen LogP contribution in [0.25, 0.3) is 0 Å². The van der Waals surface area contributed by atoms with Crippen LogP contribution in [0, 0.1) is 6.92 Å². The van der Waals surface area contributed by atoms with Crippen LogP contribution in [0.2, 0.25) is 0 Å². The molecule has 2 aliphatic rings. The number of nitrogens with one attached hydrogen (secondary N) is 1. The molecule has 1 aromatic rings. The third-order valence-electron chi connectivity index (χ3n) is 5.15. The first-order valence-corrected chi connectivity index (χ1v) is 10.2. The molecule has 0 saturated carbocycles. The van der Waals surface area contributed by atoms with Crippen molar-refractivity contribution in [3.8, 4) is 0 Å². The summed E-state index contributed by atoms with van der Waals surface area (Å²) < 4.78 is 33.6. The van der Waals surface area contributed by atoms with Crippen molar-refractivity contribution in [3.05, 3.63) is 23.3 Å². The Morgan fingerprint density at radius 3 is 2.68 bits per heavy atom. The number of nitrogens with zero attached hydrogens (tertiary/aromatic N) is 1. The summed E-state index contributed by atoms with van der Waals surface area (Å²) in [6, 6.07) is 3.29. The first-order valence-electron chi connectivity index (χ1n) is 8.77. The van der Waals surface area contributed by atoms with Gasteiger partial charge in [0, 0.05) is 19.7 Å². The van der Waals surface area contributed by atoms with Crippen LogP contribution in [0.4, 0.5) is 5.69 Å². The summed E-state index contributed by atoms with van der Waals surface area (Å²) in [6.07, 6.45) is 1.78. The zero-order valence-corrected chi connectivity index (χ0v) is 16.1. The van der Waals surface area contributed by atoms with E-state index in [2.05, 4.69) is 4.72 Å². The lowest BCUT2D eigenvalue weighted by atomic mass is 9.85. The molecule has 1 N–H and O–H groups in total. The highest BCUT2D eigenvalue weighted by atomic mass is 32.2. The van der Waals surface area contributed by atoms with Gasteiger partial charge in [-0.15, -0.1) is 0 Å². The number of fused-ring (bicyclic) bond motifs is 1. The number of anilines is 1. The molecule has 0 radical (unpaired) electrons. The number of amides is 1. The van der Waals surface area contributed by atoms with Gasteiger partial charge in [0.15, 0.2) is 0 Å². The minimum absolute atomic E-state index is 0.00922. The highest BCUT2D eigenvalue weighted by molar-refractivity contribution is 7.89. The number of rotatable bonds is 5. The molecule has 0 aliphatic carbocycles. The molecule has 0 aromatic heterocycles. The number of carbonyl (C=O) groups excluding carboxylic acids is 1. The predicted molar refractivity (Wildman–Crippen MR) is 96.4 cm³/mol. The van der Waals surface area contributed by atoms with E-state index in [4.69, 9.17) is 4.74 Å². The van der Waals surface area contributed by atoms with E-state index in [1.165, 1.54) is 0 Å². The fraction of sp³-hybridized carbons (Fsp3) is 0.611. The molecule has 2 aliphatic heterocycles. The van der Waals surface area contributed by atoms with Crippen molar-refractivity contribution in [2.45, 2.75) is 57.0 Å². The maximum atomic E-state index is 12.7. The van der Waals surface area contributed by atoms with Gasteiger partial charge in [-0.3, -0.25) is 4.79 Å². The average molecular weight is 366 g/mol. The lowest BCUT2D eigenvalue weighted by Gasteiger charge is -2.18. The topological polar surface area (TPSA) is 75.7 Å². The summed E-state index contributed by atoms with van der Waals surface area (Å²) >= 11 is 0. The Balaban J connectivity index is 1.95. The van der Waals surface area contributed by atoms with E-state index in [-0.39, 0.29) is 23.5 Å². The second-order valence-electron chi connectivity index (χ2n) is 7.30. The van der Waals surface area contributed by atoms with Gasteiger partial charge in [0.25, 0.3) is 0 Å². The van der Waals surface area contributed by atoms with Crippen molar-refractivity contribution in [2.75, 3.05) is 24.6 Å². The van der Waals surface area contributed by atoms with Crippen molar-refractivity contribution in [3.63, 3.8) is 0 Å². The van der Waals surface area contributed by atoms with E-state index >= 15 is 0 Å². The average Bonchev–Trinajstić information content (AvgIpc) is 3.13. The van der Waals surface area contributed by atoms with Gasteiger partial charge in [0.05, 0.1) is 22.1 Å². The Morgan fingerprint density at radius 1 is 1.36 bits per heavy atom. The van der Waals surface area contributed by atoms with E-state index in [0.717, 1.165) is 29.7 Å². The van der Waals surface area contributed by atoms with Gasteiger partial charge in [0.1, 0.15) is 0 Å². The quantitative estimate of drug-likeness (QED) is 0.866. The van der Waals surface area contributed by atoms with Gasteiger partial charge < -0.3 is 9.64 Å². The van der Waals surface area contributed by atoms with E-state index in [1.54, 1.807) is 17.0 Å². The molecule has 7 heteroatoms. The van der Waals surface area contributed by atoms with Gasteiger partial charge in [-0.25, -0.2) is 13.1 Å². The molecular formula is C18H26N2O4S. The fourth-order valence-electron chi connectivity index (χ4n) is 3.68. The number of sulfonamides is 1. The normalized spacial score (nSPS) is 22.5. The number of likely N-dealkylation sites (N-methyl/N-ethyl adjacent to an activating group) is 1. The van der Waals surface area contributed by atoms with Crippen molar-refractivity contribution >= 4 is 21.6 Å². The van der Waals surface area contributed by atoms with Crippen molar-refractivity contribution in [2.24, 2.45) is 0 Å². The smallest absolute Gasteiger partial charge is 0.240 e. The van der Waals surface area contributed by atoms with Crippen LogP contribution in [0.5, 0.6) is 0 Å². The van der Waals surface area contributed by atoms with Crippen molar-refractivity contribution < 1.29 is 17.9 Å². The lowest BCUT2D eigenvalue weighted by molar-refractivity contribution is -0.122. The molecule has 0 bridgehead atoms. The van der Waals surface area contributed by atoms with Gasteiger partial charge in [0.2, 0.25) is 15.9 Å². The van der Waals surface area contributed by atoms with E-state index in [1.807, 2.05) is 27.7 Å². The molecule has 1 saturated heterocycles. The molecule has 3 rings (SSSR count). The lowest BCUT2D eigenvalue weighted by Crippen LogP contribution is -2.36. The second kappa shape index (κ2) is 6.37. The van der Waals surface area contributed by atoms with Crippen LogP contribution in [-0.4, -0.2) is 40.1 Å². The Kier molecular flexibility index (Phi) is 4.68. The number of benzene rings is 1. The molecule has 0 spiro atoms. The van der Waals surface area contributed by atoms with Crippen LogP contribution in [0.15, 0.2) is 17.0 Å². The van der Waals surface area contributed by atoms with Crippen molar-refractivity contribution in [1.29, 1.82) is 0 Å². The van der Waals surface area contributed by atoms with Gasteiger partial charge in [-0.1, -0.05) is 0 Å². The molecular weight excluding hydrogens is 340 g/mol. The minimum atomic E-state index is -3.64. The van der Waals surface area contributed by atoms with E-state index in [9.17, 15) is 13.2 Å². The zero-order valence-electron chi connectivity index (χ0n) is 15.3. The molecule has 6 nitrogen and oxygen atoms in total. The largest absolute Gasteiger partial charge is 0.377 e. The highest BCUT2D eigenvalue weighted by Crippen LogP contribution is 2.44. The van der Waals surface area contributed by atoms with Crippen LogP contribution < -0.4 is 9.62 Å². The zero-order chi connectivity index (χ0) is 18.4. The third kappa shape index (κ3) is 3.09. The van der Waals surface area contributed by atoms with Crippen LogP contribution in [0.3, 0.4) is 0 Å². The minimum Gasteiger partial charge on any atom is -0.377 e. The summed E-state index contributed by atoms with van der Waals surface area (Å²) in [7, 11) is -3.64. The number of hydrogen-bond acceptors (Lipinski definition) is 4. The number of aryl methyl sites for hydroxylation is 1. The first kappa shape index (κ1) is 18.4. The molecule has 1 aromatic carbocycles. The molecule has 138 valence electrons. The highest BCUT2D eigenvalue weighted by Gasteiger charge is 2.44. The molecule has 25 heavy (non-hydrogen) atoms. The second-order valence-corrected chi connectivity index (χ2v) is 9.06. The number of ether oxygens (including phenoxy) is 1. The van der Waals surface area contributed by atoms with Crippen LogP contribution >= 0.6 is 0 Å². The predicted octanol–water partition coefficient (Wildman–Crippen LogP) is 2.10. The Morgan fingerprint density at radius 2 is 2.08 bits per heavy atom. The van der Waals surface area contributed by atoms with Crippen LogP contribution in [-0.2, 0) is 25.0 Å². The van der Waals surface area contributed by atoms with Gasteiger partial charge >= 0.3 is 0 Å². The maximum absolute atomic E-state index is 12.7. The van der Waals surface area contributed by atoms with E-state index in [0.29, 0.717) is 13.2 Å². The van der Waals surface area contributed by atoms with Gasteiger partial charge in [-0.2, -0.15) is 0 Å². The molecule has 1 fully saturated rings.